The molecule has 0 aliphatic carbocycles. The zero-order chi connectivity index (χ0) is 28.8. The number of hydrogen-bond donors (Lipinski definition) is 1. The number of hydrogen-bond acceptors (Lipinski definition) is 7. The van der Waals surface area contributed by atoms with Gasteiger partial charge in [0, 0.05) is 21.5 Å². The predicted octanol–water partition coefficient (Wildman–Crippen LogP) is 8.09. The third kappa shape index (κ3) is 7.07. The number of rotatable bonds is 11. The average molecular weight is 610 g/mol. The van der Waals surface area contributed by atoms with Crippen LogP contribution in [-0.2, 0) is 21.9 Å². The molecule has 0 amide bonds. The van der Waals surface area contributed by atoms with E-state index in [1.54, 1.807) is 4.68 Å². The zero-order valence-corrected chi connectivity index (χ0v) is 25.1. The Balaban J connectivity index is 1.40. The van der Waals surface area contributed by atoms with Gasteiger partial charge in [-0.3, -0.25) is 0 Å². The van der Waals surface area contributed by atoms with Crippen molar-refractivity contribution in [1.29, 1.82) is 0 Å². The number of ether oxygens (including phenoxy) is 2. The molecular weight excluding hydrogens is 579 g/mol. The summed E-state index contributed by atoms with van der Waals surface area (Å²) >= 11 is 13.8. The Labute approximate surface area is 253 Å². The van der Waals surface area contributed by atoms with Gasteiger partial charge in [0.2, 0.25) is 11.1 Å². The number of carbonyl (C=O) groups excluding carboxylic acids is 1. The SMILES string of the molecule is CCCCOC(=O)C1=C(C)Nc2nc(SCc3ccccc3Cl)nn2C1c1ccc(OCc2ccc(Cl)cc2)cc1. The Kier molecular flexibility index (Phi) is 9.54. The number of nitrogens with zero attached hydrogens (tertiary/aromatic N) is 3. The number of thioether (sulfide) groups is 1. The standard InChI is InChI=1S/C31H30Cl2N4O3S/c1-3-4-17-39-29(38)27-20(2)34-30-35-31(41-19-23-7-5-6-8-26(23)33)36-37(30)28(27)22-11-15-25(16-12-22)40-18-21-9-13-24(32)14-10-21/h5-16,28H,3-4,17-19H2,1-2H3,(H,34,35,36). The van der Waals surface area contributed by atoms with E-state index in [4.69, 9.17) is 42.8 Å². The molecule has 4 aromatic rings. The summed E-state index contributed by atoms with van der Waals surface area (Å²) in [6, 6.07) is 22.4. The molecule has 1 aliphatic heterocycles. The first-order valence-corrected chi connectivity index (χ1v) is 15.1. The summed E-state index contributed by atoms with van der Waals surface area (Å²) in [7, 11) is 0. The van der Waals surface area contributed by atoms with Crippen molar-refractivity contribution in [3.05, 3.63) is 111 Å². The molecule has 2 heterocycles. The summed E-state index contributed by atoms with van der Waals surface area (Å²) in [6.07, 6.45) is 1.73. The maximum absolute atomic E-state index is 13.3. The number of allylic oxidation sites excluding steroid dienone is 1. The Bertz CT molecular complexity index is 1540. The Hall–Kier alpha value is -3.46. The summed E-state index contributed by atoms with van der Waals surface area (Å²) in [5, 5.41) is 10.0. The number of benzene rings is 3. The van der Waals surface area contributed by atoms with E-state index < -0.39 is 6.04 Å². The van der Waals surface area contributed by atoms with Crippen LogP contribution >= 0.6 is 35.0 Å². The third-order valence-electron chi connectivity index (χ3n) is 6.61. The van der Waals surface area contributed by atoms with Crippen LogP contribution in [0.2, 0.25) is 10.0 Å². The van der Waals surface area contributed by atoms with Crippen molar-refractivity contribution in [2.75, 3.05) is 11.9 Å². The number of aromatic nitrogens is 3. The number of fused-ring (bicyclic) bond motifs is 1. The van der Waals surface area contributed by atoms with E-state index in [1.807, 2.05) is 79.7 Å². The second-order valence-electron chi connectivity index (χ2n) is 9.58. The molecule has 0 saturated carbocycles. The van der Waals surface area contributed by atoms with Crippen molar-refractivity contribution in [2.45, 2.75) is 50.2 Å². The van der Waals surface area contributed by atoms with Crippen LogP contribution < -0.4 is 10.1 Å². The summed E-state index contributed by atoms with van der Waals surface area (Å²) in [5.74, 6) is 1.51. The highest BCUT2D eigenvalue weighted by Crippen LogP contribution is 2.38. The highest BCUT2D eigenvalue weighted by atomic mass is 35.5. The van der Waals surface area contributed by atoms with Crippen LogP contribution in [0.4, 0.5) is 5.95 Å². The average Bonchev–Trinajstić information content (AvgIpc) is 3.38. The maximum Gasteiger partial charge on any atom is 0.338 e. The van der Waals surface area contributed by atoms with Gasteiger partial charge < -0.3 is 14.8 Å². The van der Waals surface area contributed by atoms with E-state index >= 15 is 0 Å². The van der Waals surface area contributed by atoms with Crippen LogP contribution in [-0.4, -0.2) is 27.3 Å². The third-order valence-corrected chi connectivity index (χ3v) is 8.12. The van der Waals surface area contributed by atoms with Gasteiger partial charge in [0.15, 0.2) is 0 Å². The Morgan fingerprint density at radius 2 is 1.80 bits per heavy atom. The summed E-state index contributed by atoms with van der Waals surface area (Å²) < 4.78 is 13.4. The van der Waals surface area contributed by atoms with Crippen molar-refractivity contribution in [2.24, 2.45) is 0 Å². The second-order valence-corrected chi connectivity index (χ2v) is 11.4. The quantitative estimate of drug-likeness (QED) is 0.105. The Morgan fingerprint density at radius 1 is 1.05 bits per heavy atom. The lowest BCUT2D eigenvalue weighted by Gasteiger charge is -2.28. The predicted molar refractivity (Wildman–Crippen MR) is 164 cm³/mol. The van der Waals surface area contributed by atoms with Crippen molar-refractivity contribution < 1.29 is 14.3 Å². The lowest BCUT2D eigenvalue weighted by molar-refractivity contribution is -0.139. The summed E-state index contributed by atoms with van der Waals surface area (Å²) in [6.45, 7) is 4.70. The van der Waals surface area contributed by atoms with E-state index in [1.165, 1.54) is 11.8 Å². The lowest BCUT2D eigenvalue weighted by Crippen LogP contribution is -2.29. The van der Waals surface area contributed by atoms with Crippen molar-refractivity contribution in [1.82, 2.24) is 14.8 Å². The molecule has 0 bridgehead atoms. The minimum Gasteiger partial charge on any atom is -0.489 e. The topological polar surface area (TPSA) is 78.3 Å². The fraction of sp³-hybridized carbons (Fsp3) is 0.258. The van der Waals surface area contributed by atoms with Gasteiger partial charge in [-0.1, -0.05) is 90.8 Å². The Morgan fingerprint density at radius 3 is 2.54 bits per heavy atom. The molecule has 1 N–H and O–H groups in total. The van der Waals surface area contributed by atoms with Crippen LogP contribution in [0, 0.1) is 0 Å². The van der Waals surface area contributed by atoms with Gasteiger partial charge in [0.05, 0.1) is 12.2 Å². The van der Waals surface area contributed by atoms with Gasteiger partial charge >= 0.3 is 5.97 Å². The van der Waals surface area contributed by atoms with Crippen molar-refractivity contribution >= 4 is 46.9 Å². The number of halogens is 2. The molecule has 1 aliphatic rings. The molecule has 0 fully saturated rings. The first-order valence-electron chi connectivity index (χ1n) is 13.4. The van der Waals surface area contributed by atoms with Crippen LogP contribution in [0.5, 0.6) is 5.75 Å². The van der Waals surface area contributed by atoms with Crippen LogP contribution in [0.25, 0.3) is 0 Å². The zero-order valence-electron chi connectivity index (χ0n) is 22.8. The highest BCUT2D eigenvalue weighted by molar-refractivity contribution is 7.98. The van der Waals surface area contributed by atoms with E-state index in [-0.39, 0.29) is 5.97 Å². The molecule has 5 rings (SSSR count). The molecule has 10 heteroatoms. The smallest absolute Gasteiger partial charge is 0.338 e. The molecule has 1 atom stereocenters. The lowest BCUT2D eigenvalue weighted by atomic mass is 9.96. The van der Waals surface area contributed by atoms with Gasteiger partial charge in [-0.25, -0.2) is 9.48 Å². The van der Waals surface area contributed by atoms with Gasteiger partial charge in [0.1, 0.15) is 18.4 Å². The molecular formula is C31H30Cl2N4O3S. The molecule has 7 nitrogen and oxygen atoms in total. The number of nitrogens with one attached hydrogen (secondary N) is 1. The molecule has 212 valence electrons. The van der Waals surface area contributed by atoms with Crippen LogP contribution in [0.1, 0.15) is 49.4 Å². The molecule has 1 unspecified atom stereocenters. The number of unbranched alkanes of at least 4 members (excludes halogenated alkanes) is 1. The summed E-state index contributed by atoms with van der Waals surface area (Å²) in [5.41, 5.74) is 4.06. The fourth-order valence-electron chi connectivity index (χ4n) is 4.40. The monoisotopic (exact) mass is 608 g/mol. The van der Waals surface area contributed by atoms with E-state index in [0.717, 1.165) is 29.5 Å². The van der Waals surface area contributed by atoms with E-state index in [9.17, 15) is 4.79 Å². The van der Waals surface area contributed by atoms with Crippen molar-refractivity contribution in [3.8, 4) is 5.75 Å². The minimum atomic E-state index is -0.521. The van der Waals surface area contributed by atoms with E-state index in [0.29, 0.717) is 57.1 Å². The van der Waals surface area contributed by atoms with Gasteiger partial charge in [-0.15, -0.1) is 5.10 Å². The molecule has 41 heavy (non-hydrogen) atoms. The fourth-order valence-corrected chi connectivity index (χ4v) is 5.64. The normalized spacial score (nSPS) is 14.4. The van der Waals surface area contributed by atoms with E-state index in [2.05, 4.69) is 12.2 Å². The largest absolute Gasteiger partial charge is 0.489 e. The van der Waals surface area contributed by atoms with Crippen molar-refractivity contribution in [3.63, 3.8) is 0 Å². The highest BCUT2D eigenvalue weighted by Gasteiger charge is 2.35. The number of carbonyl (C=O) groups is 1. The molecule has 0 spiro atoms. The van der Waals surface area contributed by atoms with Gasteiger partial charge in [-0.05, 0) is 60.4 Å². The maximum atomic E-state index is 13.3. The van der Waals surface area contributed by atoms with Gasteiger partial charge in [-0.2, -0.15) is 4.98 Å². The molecule has 3 aromatic carbocycles. The van der Waals surface area contributed by atoms with Gasteiger partial charge in [0.25, 0.3) is 0 Å². The first-order chi connectivity index (χ1) is 19.9. The van der Waals surface area contributed by atoms with Crippen LogP contribution in [0.3, 0.4) is 0 Å². The first kappa shape index (κ1) is 29.0. The molecule has 1 aromatic heterocycles. The summed E-state index contributed by atoms with van der Waals surface area (Å²) in [4.78, 5) is 18.1. The molecule has 0 radical (unpaired) electrons. The van der Waals surface area contributed by atoms with Crippen LogP contribution in [0.15, 0.2) is 89.2 Å². The number of esters is 1. The molecule has 0 saturated heterocycles. The second kappa shape index (κ2) is 13.5. The minimum absolute atomic E-state index is 0.361. The number of anilines is 1.